The Morgan fingerprint density at radius 2 is 1.94 bits per heavy atom. The lowest BCUT2D eigenvalue weighted by atomic mass is 9.83. The monoisotopic (exact) mass is 440 g/mol. The van der Waals surface area contributed by atoms with E-state index >= 15 is 0 Å². The van der Waals surface area contributed by atoms with E-state index in [9.17, 15) is 8.76 Å². The van der Waals surface area contributed by atoms with Crippen molar-refractivity contribution in [2.24, 2.45) is 11.8 Å². The molecule has 2 aromatic rings. The summed E-state index contributed by atoms with van der Waals surface area (Å²) in [5, 5.41) is 3.45. The van der Waals surface area contributed by atoms with Crippen molar-refractivity contribution in [3.63, 3.8) is 0 Å². The van der Waals surface area contributed by atoms with Crippen molar-refractivity contribution in [2.75, 3.05) is 31.6 Å². The summed E-state index contributed by atoms with van der Waals surface area (Å²) in [4.78, 5) is 2.36. The van der Waals surface area contributed by atoms with E-state index in [2.05, 4.69) is 63.5 Å². The van der Waals surface area contributed by atoms with Gasteiger partial charge in [-0.2, -0.15) is 0 Å². The van der Waals surface area contributed by atoms with Crippen LogP contribution in [0.15, 0.2) is 48.5 Å². The Kier molecular flexibility index (Phi) is 6.01. The molecule has 6 nitrogen and oxygen atoms in total. The van der Waals surface area contributed by atoms with Crippen molar-refractivity contribution in [3.8, 4) is 5.75 Å². The number of hydrogen-bond donors (Lipinski definition) is 2. The van der Waals surface area contributed by atoms with E-state index in [-0.39, 0.29) is 12.1 Å². The molecule has 0 amide bonds. The number of anilines is 1. The number of likely N-dealkylation sites (N-methyl/N-ethyl adjacent to an activating group) is 1. The molecule has 4 atom stereocenters. The second-order valence-electron chi connectivity index (χ2n) is 9.11. The quantitative estimate of drug-likeness (QED) is 0.617. The highest BCUT2D eigenvalue weighted by Gasteiger charge is 2.42. The Balaban J connectivity index is 1.33. The molecule has 7 heteroatoms. The SMILES string of the molecule is CNC1COc2ccc(N3CC(C(NS(=O)[O-])C4CC4)C3)cc2C1Cc1ccccc1. The zero-order valence-electron chi connectivity index (χ0n) is 17.8. The van der Waals surface area contributed by atoms with Crippen molar-refractivity contribution >= 4 is 17.0 Å². The Morgan fingerprint density at radius 1 is 1.16 bits per heavy atom. The van der Waals surface area contributed by atoms with Gasteiger partial charge in [0.05, 0.1) is 0 Å². The number of nitrogens with one attached hydrogen (secondary N) is 2. The molecule has 2 fully saturated rings. The summed E-state index contributed by atoms with van der Waals surface area (Å²) in [6.07, 6.45) is 3.24. The van der Waals surface area contributed by atoms with E-state index in [1.807, 2.05) is 7.05 Å². The molecule has 2 aliphatic heterocycles. The first-order valence-corrected chi connectivity index (χ1v) is 12.3. The largest absolute Gasteiger partial charge is 0.760 e. The predicted molar refractivity (Wildman–Crippen MR) is 122 cm³/mol. The normalized spacial score (nSPS) is 25.3. The molecule has 5 rings (SSSR count). The number of nitrogens with zero attached hydrogens (tertiary/aromatic N) is 1. The number of ether oxygens (including phenoxy) is 1. The topological polar surface area (TPSA) is 76.7 Å². The van der Waals surface area contributed by atoms with Crippen LogP contribution >= 0.6 is 0 Å². The molecule has 2 aromatic carbocycles. The lowest BCUT2D eigenvalue weighted by Crippen LogP contribution is -2.57. The zero-order chi connectivity index (χ0) is 21.4. The summed E-state index contributed by atoms with van der Waals surface area (Å²) in [5.74, 6) is 2.21. The Hall–Kier alpha value is -1.93. The van der Waals surface area contributed by atoms with Crippen molar-refractivity contribution in [1.82, 2.24) is 10.0 Å². The predicted octanol–water partition coefficient (Wildman–Crippen LogP) is 2.59. The Bertz CT molecular complexity index is 931. The van der Waals surface area contributed by atoms with Gasteiger partial charge in [-0.1, -0.05) is 30.3 Å². The van der Waals surface area contributed by atoms with Crippen LogP contribution in [0.2, 0.25) is 0 Å². The number of hydrogen-bond acceptors (Lipinski definition) is 5. The number of fused-ring (bicyclic) bond motifs is 1. The standard InChI is InChI=1S/C24H31N3O3S/c1-25-22-15-30-23-10-9-19(12-21(23)20(22)11-16-5-3-2-4-6-16)27-13-18(14-27)24(17-7-8-17)26-31(28)29/h2-6,9-10,12,17-18,20,22,24-26H,7-8,11,13-15H2,1H3,(H,28,29)/p-1. The third-order valence-corrected chi connectivity index (χ3v) is 7.58. The van der Waals surface area contributed by atoms with Crippen LogP contribution in [0.1, 0.15) is 29.9 Å². The smallest absolute Gasteiger partial charge is 0.123 e. The van der Waals surface area contributed by atoms with Gasteiger partial charge >= 0.3 is 0 Å². The van der Waals surface area contributed by atoms with Crippen molar-refractivity contribution < 1.29 is 13.5 Å². The van der Waals surface area contributed by atoms with Gasteiger partial charge in [0.2, 0.25) is 0 Å². The second-order valence-corrected chi connectivity index (χ2v) is 9.81. The molecule has 166 valence electrons. The van der Waals surface area contributed by atoms with Gasteiger partial charge in [0.15, 0.2) is 0 Å². The van der Waals surface area contributed by atoms with E-state index in [4.69, 9.17) is 4.74 Å². The second kappa shape index (κ2) is 8.90. The molecule has 0 spiro atoms. The molecule has 0 radical (unpaired) electrons. The summed E-state index contributed by atoms with van der Waals surface area (Å²) >= 11 is -2.19. The van der Waals surface area contributed by atoms with Crippen LogP contribution in [-0.2, 0) is 17.7 Å². The van der Waals surface area contributed by atoms with Crippen molar-refractivity contribution in [3.05, 3.63) is 59.7 Å². The zero-order valence-corrected chi connectivity index (χ0v) is 18.6. The van der Waals surface area contributed by atoms with Gasteiger partial charge in [-0.3, -0.25) is 4.21 Å². The summed E-state index contributed by atoms with van der Waals surface area (Å²) < 4.78 is 31.2. The average Bonchev–Trinajstić information content (AvgIpc) is 3.58. The first kappa shape index (κ1) is 20.9. The van der Waals surface area contributed by atoms with Gasteiger partial charge in [0.1, 0.15) is 12.4 Å². The minimum Gasteiger partial charge on any atom is -0.760 e. The van der Waals surface area contributed by atoms with Crippen LogP contribution in [-0.4, -0.2) is 47.6 Å². The van der Waals surface area contributed by atoms with Crippen LogP contribution in [0.5, 0.6) is 5.75 Å². The van der Waals surface area contributed by atoms with Gasteiger partial charge in [0.25, 0.3) is 0 Å². The highest BCUT2D eigenvalue weighted by molar-refractivity contribution is 7.77. The lowest BCUT2D eigenvalue weighted by Gasteiger charge is -2.46. The van der Waals surface area contributed by atoms with E-state index in [1.54, 1.807) is 0 Å². The third kappa shape index (κ3) is 4.51. The molecule has 0 aromatic heterocycles. The number of rotatable bonds is 8. The Labute approximate surface area is 186 Å². The van der Waals surface area contributed by atoms with Crippen molar-refractivity contribution in [1.29, 1.82) is 0 Å². The molecule has 2 N–H and O–H groups in total. The molecule has 0 bridgehead atoms. The van der Waals surface area contributed by atoms with Crippen LogP contribution in [0.3, 0.4) is 0 Å². The minimum absolute atomic E-state index is 0.0787. The van der Waals surface area contributed by atoms with Gasteiger partial charge in [-0.25, -0.2) is 4.72 Å². The van der Waals surface area contributed by atoms with Crippen molar-refractivity contribution in [2.45, 2.75) is 37.3 Å². The van der Waals surface area contributed by atoms with E-state index in [0.717, 1.165) is 38.1 Å². The first-order chi connectivity index (χ1) is 15.1. The fraction of sp³-hybridized carbons (Fsp3) is 0.500. The maximum Gasteiger partial charge on any atom is 0.123 e. The molecular formula is C24H30N3O3S-. The molecule has 1 saturated carbocycles. The van der Waals surface area contributed by atoms with E-state index < -0.39 is 11.3 Å². The first-order valence-electron chi connectivity index (χ1n) is 11.2. The van der Waals surface area contributed by atoms with Crippen LogP contribution in [0.4, 0.5) is 5.69 Å². The fourth-order valence-electron chi connectivity index (χ4n) is 5.17. The molecule has 3 aliphatic rings. The Morgan fingerprint density at radius 3 is 2.61 bits per heavy atom. The van der Waals surface area contributed by atoms with Gasteiger partial charge in [-0.15, -0.1) is 0 Å². The van der Waals surface area contributed by atoms with E-state index in [0.29, 0.717) is 24.4 Å². The van der Waals surface area contributed by atoms with Gasteiger partial charge < -0.3 is 19.5 Å². The van der Waals surface area contributed by atoms with Gasteiger partial charge in [-0.05, 0) is 56.0 Å². The maximum absolute atomic E-state index is 11.2. The highest BCUT2D eigenvalue weighted by Crippen LogP contribution is 2.42. The molecule has 31 heavy (non-hydrogen) atoms. The summed E-state index contributed by atoms with van der Waals surface area (Å²) in [6, 6.07) is 17.5. The molecular weight excluding hydrogens is 410 g/mol. The summed E-state index contributed by atoms with van der Waals surface area (Å²) in [5.41, 5.74) is 3.79. The van der Waals surface area contributed by atoms with Crippen LogP contribution < -0.4 is 19.7 Å². The van der Waals surface area contributed by atoms with E-state index in [1.165, 1.54) is 16.8 Å². The summed E-state index contributed by atoms with van der Waals surface area (Å²) in [6.45, 7) is 2.46. The highest BCUT2D eigenvalue weighted by atomic mass is 32.2. The lowest BCUT2D eigenvalue weighted by molar-refractivity contribution is 0.218. The minimum atomic E-state index is -2.19. The molecule has 2 heterocycles. The van der Waals surface area contributed by atoms with Gasteiger partial charge in [0, 0.05) is 59.5 Å². The number of benzene rings is 2. The average molecular weight is 441 g/mol. The van der Waals surface area contributed by atoms with Crippen LogP contribution in [0, 0.1) is 11.8 Å². The summed E-state index contributed by atoms with van der Waals surface area (Å²) in [7, 11) is 2.01. The fourth-order valence-corrected chi connectivity index (χ4v) is 5.77. The maximum atomic E-state index is 11.2. The molecule has 4 unspecified atom stereocenters. The van der Waals surface area contributed by atoms with Crippen LogP contribution in [0.25, 0.3) is 0 Å². The molecule has 1 aliphatic carbocycles. The molecule has 1 saturated heterocycles. The third-order valence-electron chi connectivity index (χ3n) is 7.11.